The molecule has 0 spiro atoms. The summed E-state index contributed by atoms with van der Waals surface area (Å²) in [5, 5.41) is 2.91. The van der Waals surface area contributed by atoms with Gasteiger partial charge in [-0.25, -0.2) is 4.79 Å². The summed E-state index contributed by atoms with van der Waals surface area (Å²) in [6, 6.07) is 15.6. The van der Waals surface area contributed by atoms with Crippen LogP contribution < -0.4 is 14.8 Å². The summed E-state index contributed by atoms with van der Waals surface area (Å²) < 4.78 is 54.8. The Bertz CT molecular complexity index is 1200. The molecule has 0 aliphatic heterocycles. The summed E-state index contributed by atoms with van der Waals surface area (Å²) >= 11 is 5.87. The van der Waals surface area contributed by atoms with Crippen LogP contribution in [0.25, 0.3) is 0 Å². The quantitative estimate of drug-likeness (QED) is 0.371. The molecular formula is C25H21ClF3NO5. The van der Waals surface area contributed by atoms with Crippen LogP contribution in [0.3, 0.4) is 0 Å². The van der Waals surface area contributed by atoms with Crippen molar-refractivity contribution in [1.82, 2.24) is 0 Å². The molecule has 0 aliphatic rings. The Morgan fingerprint density at radius 1 is 1.00 bits per heavy atom. The van der Waals surface area contributed by atoms with E-state index in [0.29, 0.717) is 10.8 Å². The van der Waals surface area contributed by atoms with E-state index in [1.807, 2.05) is 12.1 Å². The zero-order valence-corrected chi connectivity index (χ0v) is 19.4. The number of methoxy groups -OCH3 is 1. The van der Waals surface area contributed by atoms with Gasteiger partial charge in [0.15, 0.2) is 17.6 Å². The van der Waals surface area contributed by atoms with E-state index in [9.17, 15) is 22.8 Å². The second-order valence-corrected chi connectivity index (χ2v) is 7.83. The molecule has 3 aromatic carbocycles. The van der Waals surface area contributed by atoms with E-state index in [1.165, 1.54) is 38.3 Å². The van der Waals surface area contributed by atoms with Gasteiger partial charge in [-0.05, 0) is 61.0 Å². The van der Waals surface area contributed by atoms with E-state index < -0.39 is 29.7 Å². The maximum atomic E-state index is 12.9. The van der Waals surface area contributed by atoms with Gasteiger partial charge in [0.2, 0.25) is 0 Å². The van der Waals surface area contributed by atoms with Crippen molar-refractivity contribution in [2.75, 3.05) is 12.4 Å². The number of ether oxygens (including phenoxy) is 3. The minimum absolute atomic E-state index is 0.0726. The van der Waals surface area contributed by atoms with Gasteiger partial charge in [0.25, 0.3) is 5.91 Å². The molecule has 3 rings (SSSR count). The molecule has 0 saturated carbocycles. The van der Waals surface area contributed by atoms with Crippen LogP contribution in [0.1, 0.15) is 28.4 Å². The molecule has 1 amide bonds. The van der Waals surface area contributed by atoms with Crippen LogP contribution >= 0.6 is 11.6 Å². The number of alkyl halides is 3. The number of esters is 1. The van der Waals surface area contributed by atoms with E-state index >= 15 is 0 Å². The summed E-state index contributed by atoms with van der Waals surface area (Å²) in [5.74, 6) is -0.948. The number of nitrogens with one attached hydrogen (secondary N) is 1. The van der Waals surface area contributed by atoms with Crippen LogP contribution in [0.15, 0.2) is 66.7 Å². The lowest BCUT2D eigenvalue weighted by Gasteiger charge is -2.16. The van der Waals surface area contributed by atoms with Crippen molar-refractivity contribution in [1.29, 1.82) is 0 Å². The van der Waals surface area contributed by atoms with E-state index in [4.69, 9.17) is 25.8 Å². The van der Waals surface area contributed by atoms with Gasteiger partial charge in [-0.1, -0.05) is 29.8 Å². The molecule has 0 bridgehead atoms. The molecule has 0 radical (unpaired) electrons. The highest BCUT2D eigenvalue weighted by Gasteiger charge is 2.30. The van der Waals surface area contributed by atoms with Crippen molar-refractivity contribution in [2.24, 2.45) is 0 Å². The molecule has 0 fully saturated rings. The predicted octanol–water partition coefficient (Wildman–Crippen LogP) is 6.13. The summed E-state index contributed by atoms with van der Waals surface area (Å²) in [5.41, 5.74) is -0.0121. The van der Waals surface area contributed by atoms with Gasteiger partial charge < -0.3 is 19.5 Å². The Kier molecular flexibility index (Phi) is 8.24. The summed E-state index contributed by atoms with van der Waals surface area (Å²) in [6.45, 7) is 1.55. The van der Waals surface area contributed by atoms with Gasteiger partial charge in [0.1, 0.15) is 6.61 Å². The second kappa shape index (κ2) is 11.1. The minimum Gasteiger partial charge on any atom is -0.493 e. The van der Waals surface area contributed by atoms with Crippen molar-refractivity contribution < 1.29 is 37.0 Å². The fourth-order valence-corrected chi connectivity index (χ4v) is 3.08. The molecule has 1 atom stereocenters. The van der Waals surface area contributed by atoms with Crippen LogP contribution in [0, 0.1) is 0 Å². The van der Waals surface area contributed by atoms with Crippen LogP contribution in [-0.2, 0) is 22.3 Å². The first-order valence-electron chi connectivity index (χ1n) is 10.3. The molecular weight excluding hydrogens is 487 g/mol. The van der Waals surface area contributed by atoms with Gasteiger partial charge in [0.05, 0.1) is 18.2 Å². The number of carbonyl (C=O) groups is 2. The molecule has 10 heteroatoms. The lowest BCUT2D eigenvalue weighted by Crippen LogP contribution is -2.30. The zero-order valence-electron chi connectivity index (χ0n) is 18.7. The van der Waals surface area contributed by atoms with Crippen molar-refractivity contribution >= 4 is 29.2 Å². The Morgan fingerprint density at radius 2 is 1.71 bits per heavy atom. The molecule has 0 aromatic heterocycles. The number of anilines is 1. The lowest BCUT2D eigenvalue weighted by molar-refractivity contribution is -0.137. The molecule has 6 nitrogen and oxygen atoms in total. The highest BCUT2D eigenvalue weighted by Crippen LogP contribution is 2.31. The standard InChI is InChI=1S/C25H21ClF3NO5/c1-15(23(31)30-20-5-3-4-18(13-20)25(27,28)29)35-24(32)17-8-11-21(22(12-17)33-2)34-14-16-6-9-19(26)10-7-16/h3-13,15H,14H2,1-2H3,(H,30,31). The number of hydrogen-bond donors (Lipinski definition) is 1. The van der Waals surface area contributed by atoms with E-state index in [2.05, 4.69) is 5.32 Å². The number of halogens is 4. The monoisotopic (exact) mass is 507 g/mol. The summed E-state index contributed by atoms with van der Waals surface area (Å²) in [7, 11) is 1.41. The third kappa shape index (κ3) is 7.13. The van der Waals surface area contributed by atoms with Gasteiger partial charge in [-0.2, -0.15) is 13.2 Å². The number of amides is 1. The number of benzene rings is 3. The van der Waals surface area contributed by atoms with Crippen LogP contribution in [0.2, 0.25) is 5.02 Å². The van der Waals surface area contributed by atoms with Gasteiger partial charge in [0, 0.05) is 10.7 Å². The highest BCUT2D eigenvalue weighted by atomic mass is 35.5. The SMILES string of the molecule is COc1cc(C(=O)OC(C)C(=O)Nc2cccc(C(F)(F)F)c2)ccc1OCc1ccc(Cl)cc1. The Hall–Kier alpha value is -3.72. The fourth-order valence-electron chi connectivity index (χ4n) is 2.95. The highest BCUT2D eigenvalue weighted by molar-refractivity contribution is 6.30. The topological polar surface area (TPSA) is 73.9 Å². The smallest absolute Gasteiger partial charge is 0.416 e. The lowest BCUT2D eigenvalue weighted by atomic mass is 10.2. The maximum Gasteiger partial charge on any atom is 0.416 e. The fraction of sp³-hybridized carbons (Fsp3) is 0.200. The van der Waals surface area contributed by atoms with Crippen molar-refractivity contribution in [3.8, 4) is 11.5 Å². The van der Waals surface area contributed by atoms with E-state index in [-0.39, 0.29) is 23.6 Å². The maximum absolute atomic E-state index is 12.9. The summed E-state index contributed by atoms with van der Waals surface area (Å²) in [4.78, 5) is 24.9. The van der Waals surface area contributed by atoms with Gasteiger partial charge >= 0.3 is 12.1 Å². The Labute approximate surface area is 204 Å². The first-order valence-corrected chi connectivity index (χ1v) is 10.7. The normalized spacial score (nSPS) is 11.9. The minimum atomic E-state index is -4.55. The van der Waals surface area contributed by atoms with Gasteiger partial charge in [-0.15, -0.1) is 0 Å². The number of carbonyl (C=O) groups excluding carboxylic acids is 2. The second-order valence-electron chi connectivity index (χ2n) is 7.40. The molecule has 0 saturated heterocycles. The number of hydrogen-bond acceptors (Lipinski definition) is 5. The van der Waals surface area contributed by atoms with Crippen molar-refractivity contribution in [2.45, 2.75) is 25.8 Å². The van der Waals surface area contributed by atoms with E-state index in [0.717, 1.165) is 23.8 Å². The Morgan fingerprint density at radius 3 is 2.37 bits per heavy atom. The largest absolute Gasteiger partial charge is 0.493 e. The summed E-state index contributed by atoms with van der Waals surface area (Å²) in [6.07, 6.45) is -5.83. The molecule has 1 unspecified atom stereocenters. The third-order valence-corrected chi connectivity index (χ3v) is 5.07. The van der Waals surface area contributed by atoms with Crippen LogP contribution in [0.4, 0.5) is 18.9 Å². The molecule has 3 aromatic rings. The van der Waals surface area contributed by atoms with Crippen molar-refractivity contribution in [3.63, 3.8) is 0 Å². The molecule has 184 valence electrons. The number of rotatable bonds is 8. The average Bonchev–Trinajstić information content (AvgIpc) is 2.83. The Balaban J connectivity index is 1.62. The van der Waals surface area contributed by atoms with Crippen LogP contribution in [-0.4, -0.2) is 25.1 Å². The van der Waals surface area contributed by atoms with Gasteiger partial charge in [-0.3, -0.25) is 4.79 Å². The molecule has 35 heavy (non-hydrogen) atoms. The molecule has 0 heterocycles. The van der Waals surface area contributed by atoms with E-state index in [1.54, 1.807) is 12.1 Å². The third-order valence-electron chi connectivity index (χ3n) is 4.82. The van der Waals surface area contributed by atoms with Crippen molar-refractivity contribution in [3.05, 3.63) is 88.4 Å². The first kappa shape index (κ1) is 25.9. The van der Waals surface area contributed by atoms with Crippen LogP contribution in [0.5, 0.6) is 11.5 Å². The molecule has 0 aliphatic carbocycles. The zero-order chi connectivity index (χ0) is 25.6. The average molecular weight is 508 g/mol. The molecule has 1 N–H and O–H groups in total. The first-order chi connectivity index (χ1) is 16.6. The predicted molar refractivity (Wildman–Crippen MR) is 124 cm³/mol.